The van der Waals surface area contributed by atoms with Gasteiger partial charge in [0.15, 0.2) is 0 Å². The summed E-state index contributed by atoms with van der Waals surface area (Å²) in [7, 11) is 0. The predicted molar refractivity (Wildman–Crippen MR) is 114 cm³/mol. The van der Waals surface area contributed by atoms with Crippen LogP contribution >= 0.6 is 15.9 Å². The van der Waals surface area contributed by atoms with Crippen molar-refractivity contribution < 1.29 is 14.1 Å². The Morgan fingerprint density at radius 2 is 1.67 bits per heavy atom. The van der Waals surface area contributed by atoms with Gasteiger partial charge in [-0.3, -0.25) is 14.5 Å². The van der Waals surface area contributed by atoms with E-state index >= 15 is 0 Å². The molecule has 0 aliphatic carbocycles. The standard InChI is InChI=1S/C21H26BrN5O3/c22-17-3-1-15(2-4-17)20-24-18(30-25-20)13-26-9-5-16(6-10-26)21(29)27-11-7-14(8-12-27)19(23)28/h1-4,14,16H,5-13H2,(H2,23,28). The lowest BCUT2D eigenvalue weighted by atomic mass is 9.92. The van der Waals surface area contributed by atoms with E-state index < -0.39 is 0 Å². The van der Waals surface area contributed by atoms with Crippen molar-refractivity contribution in [3.8, 4) is 11.4 Å². The van der Waals surface area contributed by atoms with Gasteiger partial charge in [0, 0.05) is 35.0 Å². The van der Waals surface area contributed by atoms with Crippen LogP contribution in [0.1, 0.15) is 31.6 Å². The Morgan fingerprint density at radius 1 is 1.03 bits per heavy atom. The van der Waals surface area contributed by atoms with Gasteiger partial charge in [-0.1, -0.05) is 21.1 Å². The van der Waals surface area contributed by atoms with E-state index in [0.717, 1.165) is 36.0 Å². The third kappa shape index (κ3) is 4.89. The number of aromatic nitrogens is 2. The van der Waals surface area contributed by atoms with Crippen molar-refractivity contribution in [2.75, 3.05) is 26.2 Å². The Labute approximate surface area is 183 Å². The van der Waals surface area contributed by atoms with Gasteiger partial charge in [0.25, 0.3) is 0 Å². The molecule has 1 aromatic heterocycles. The largest absolute Gasteiger partial charge is 0.369 e. The van der Waals surface area contributed by atoms with Crippen LogP contribution in [0, 0.1) is 11.8 Å². The summed E-state index contributed by atoms with van der Waals surface area (Å²) in [6.45, 7) is 3.50. The first kappa shape index (κ1) is 21.0. The number of likely N-dealkylation sites (tertiary alicyclic amines) is 2. The molecule has 0 atom stereocenters. The second-order valence-corrected chi connectivity index (χ2v) is 8.99. The highest BCUT2D eigenvalue weighted by Crippen LogP contribution is 2.25. The van der Waals surface area contributed by atoms with Crippen molar-refractivity contribution in [3.05, 3.63) is 34.6 Å². The van der Waals surface area contributed by atoms with E-state index in [4.69, 9.17) is 10.3 Å². The van der Waals surface area contributed by atoms with Crippen LogP contribution in [-0.2, 0) is 16.1 Å². The number of amides is 2. The molecular weight excluding hydrogens is 450 g/mol. The Hall–Kier alpha value is -2.26. The molecule has 0 unspecified atom stereocenters. The second-order valence-electron chi connectivity index (χ2n) is 8.07. The van der Waals surface area contributed by atoms with Gasteiger partial charge >= 0.3 is 0 Å². The third-order valence-electron chi connectivity index (χ3n) is 6.08. The maximum atomic E-state index is 12.8. The lowest BCUT2D eigenvalue weighted by molar-refractivity contribution is -0.140. The van der Waals surface area contributed by atoms with Gasteiger partial charge in [0.2, 0.25) is 23.5 Å². The van der Waals surface area contributed by atoms with Gasteiger partial charge in [0.1, 0.15) is 0 Å². The minimum absolute atomic E-state index is 0.0485. The second kappa shape index (κ2) is 9.26. The van der Waals surface area contributed by atoms with E-state index in [9.17, 15) is 9.59 Å². The quantitative estimate of drug-likeness (QED) is 0.711. The monoisotopic (exact) mass is 475 g/mol. The molecule has 1 aromatic carbocycles. The van der Waals surface area contributed by atoms with Crippen LogP contribution in [0.3, 0.4) is 0 Å². The van der Waals surface area contributed by atoms with Crippen LogP contribution in [0.4, 0.5) is 0 Å². The van der Waals surface area contributed by atoms with Crippen molar-refractivity contribution in [1.82, 2.24) is 19.9 Å². The Morgan fingerprint density at radius 3 is 2.30 bits per heavy atom. The molecule has 3 heterocycles. The predicted octanol–water partition coefficient (Wildman–Crippen LogP) is 2.44. The van der Waals surface area contributed by atoms with Crippen LogP contribution in [0.2, 0.25) is 0 Å². The fourth-order valence-electron chi connectivity index (χ4n) is 4.21. The Kier molecular flexibility index (Phi) is 6.48. The van der Waals surface area contributed by atoms with Gasteiger partial charge < -0.3 is 15.2 Å². The summed E-state index contributed by atoms with van der Waals surface area (Å²) in [6, 6.07) is 7.79. The van der Waals surface area contributed by atoms with Crippen LogP contribution in [0.25, 0.3) is 11.4 Å². The van der Waals surface area contributed by atoms with Crippen LogP contribution < -0.4 is 5.73 Å². The summed E-state index contributed by atoms with van der Waals surface area (Å²) in [4.78, 5) is 32.8. The zero-order valence-corrected chi connectivity index (χ0v) is 18.4. The molecule has 2 saturated heterocycles. The topological polar surface area (TPSA) is 106 Å². The van der Waals surface area contributed by atoms with E-state index in [1.807, 2.05) is 29.2 Å². The van der Waals surface area contributed by atoms with Gasteiger partial charge in [-0.2, -0.15) is 4.98 Å². The summed E-state index contributed by atoms with van der Waals surface area (Å²) >= 11 is 3.42. The molecule has 0 radical (unpaired) electrons. The molecule has 2 aromatic rings. The van der Waals surface area contributed by atoms with Crippen molar-refractivity contribution in [2.24, 2.45) is 17.6 Å². The highest BCUT2D eigenvalue weighted by Gasteiger charge is 2.32. The molecule has 4 rings (SSSR count). The molecule has 2 fully saturated rings. The third-order valence-corrected chi connectivity index (χ3v) is 6.60. The average Bonchev–Trinajstić information content (AvgIpc) is 3.23. The van der Waals surface area contributed by atoms with Gasteiger partial charge in [-0.15, -0.1) is 0 Å². The first-order valence-corrected chi connectivity index (χ1v) is 11.2. The molecule has 2 aliphatic rings. The Bertz CT molecular complexity index is 884. The van der Waals surface area contributed by atoms with E-state index in [1.165, 1.54) is 0 Å². The molecule has 2 aliphatic heterocycles. The number of primary amides is 1. The fraction of sp³-hybridized carbons (Fsp3) is 0.524. The number of benzene rings is 1. The number of carbonyl (C=O) groups is 2. The van der Waals surface area contributed by atoms with Crippen molar-refractivity contribution in [2.45, 2.75) is 32.2 Å². The zero-order chi connectivity index (χ0) is 21.1. The summed E-state index contributed by atoms with van der Waals surface area (Å²) in [5.41, 5.74) is 6.30. The van der Waals surface area contributed by atoms with Crippen LogP contribution in [0.5, 0.6) is 0 Å². The average molecular weight is 476 g/mol. The summed E-state index contributed by atoms with van der Waals surface area (Å²) in [5, 5.41) is 4.08. The van der Waals surface area contributed by atoms with E-state index in [1.54, 1.807) is 0 Å². The SMILES string of the molecule is NC(=O)C1CCN(C(=O)C2CCN(Cc3nc(-c4ccc(Br)cc4)no3)CC2)CC1. The van der Waals surface area contributed by atoms with Crippen LogP contribution in [-0.4, -0.2) is 57.9 Å². The molecule has 30 heavy (non-hydrogen) atoms. The highest BCUT2D eigenvalue weighted by atomic mass is 79.9. The Balaban J connectivity index is 1.25. The minimum atomic E-state index is -0.250. The van der Waals surface area contributed by atoms with Crippen molar-refractivity contribution in [3.63, 3.8) is 0 Å². The smallest absolute Gasteiger partial charge is 0.241 e. The number of halogens is 1. The first-order valence-electron chi connectivity index (χ1n) is 10.4. The number of piperidine rings is 2. The lowest BCUT2D eigenvalue weighted by Gasteiger charge is -2.36. The molecule has 0 saturated carbocycles. The van der Waals surface area contributed by atoms with Gasteiger partial charge in [0.05, 0.1) is 6.54 Å². The molecule has 2 amide bonds. The maximum absolute atomic E-state index is 12.8. The normalized spacial score (nSPS) is 19.2. The number of nitrogens with zero attached hydrogens (tertiary/aromatic N) is 4. The molecule has 160 valence electrons. The van der Waals surface area contributed by atoms with Gasteiger partial charge in [-0.05, 0) is 63.0 Å². The number of hydrogen-bond acceptors (Lipinski definition) is 6. The minimum Gasteiger partial charge on any atom is -0.369 e. The molecule has 2 N–H and O–H groups in total. The molecule has 0 spiro atoms. The fourth-order valence-corrected chi connectivity index (χ4v) is 4.47. The van der Waals surface area contributed by atoms with Crippen molar-refractivity contribution in [1.29, 1.82) is 0 Å². The summed E-state index contributed by atoms with van der Waals surface area (Å²) in [6.07, 6.45) is 3.00. The maximum Gasteiger partial charge on any atom is 0.241 e. The molecular formula is C21H26BrN5O3. The summed E-state index contributed by atoms with van der Waals surface area (Å²) in [5.74, 6) is 1.10. The summed E-state index contributed by atoms with van der Waals surface area (Å²) < 4.78 is 6.43. The number of hydrogen-bond donors (Lipinski definition) is 1. The highest BCUT2D eigenvalue weighted by molar-refractivity contribution is 9.10. The van der Waals surface area contributed by atoms with E-state index in [2.05, 4.69) is 31.0 Å². The van der Waals surface area contributed by atoms with E-state index in [0.29, 0.717) is 44.2 Å². The van der Waals surface area contributed by atoms with E-state index in [-0.39, 0.29) is 23.7 Å². The zero-order valence-electron chi connectivity index (χ0n) is 16.8. The molecule has 8 nitrogen and oxygen atoms in total. The van der Waals surface area contributed by atoms with Crippen molar-refractivity contribution >= 4 is 27.7 Å². The number of carbonyl (C=O) groups excluding carboxylic acids is 2. The number of rotatable bonds is 5. The number of nitrogens with two attached hydrogens (primary N) is 1. The van der Waals surface area contributed by atoms with Gasteiger partial charge in [-0.25, -0.2) is 0 Å². The molecule has 0 bridgehead atoms. The lowest BCUT2D eigenvalue weighted by Crippen LogP contribution is -2.46. The molecule has 9 heteroatoms. The van der Waals surface area contributed by atoms with Crippen LogP contribution in [0.15, 0.2) is 33.3 Å². The first-order chi connectivity index (χ1) is 14.5.